The van der Waals surface area contributed by atoms with E-state index >= 15 is 0 Å². The lowest BCUT2D eigenvalue weighted by Crippen LogP contribution is -2.38. The monoisotopic (exact) mass is 221 g/mol. The molecule has 0 amide bonds. The predicted molar refractivity (Wildman–Crippen MR) is 62.2 cm³/mol. The summed E-state index contributed by atoms with van der Waals surface area (Å²) in [6.45, 7) is 1.93. The number of aromatic nitrogens is 2. The molecule has 4 heteroatoms. The third kappa shape index (κ3) is 2.92. The molecule has 4 nitrogen and oxygen atoms in total. The highest BCUT2D eigenvalue weighted by Crippen LogP contribution is 2.21. The summed E-state index contributed by atoms with van der Waals surface area (Å²) in [7, 11) is 0. The first-order valence-corrected chi connectivity index (χ1v) is 5.96. The smallest absolute Gasteiger partial charge is 0.216 e. The SMILES string of the molecule is Cc1cc(OC2CCCCCC2N)ncn1. The first kappa shape index (κ1) is 11.3. The Morgan fingerprint density at radius 2 is 2.06 bits per heavy atom. The lowest BCUT2D eigenvalue weighted by atomic mass is 10.1. The van der Waals surface area contributed by atoms with Gasteiger partial charge in [-0.25, -0.2) is 9.97 Å². The van der Waals surface area contributed by atoms with E-state index in [0.29, 0.717) is 5.88 Å². The van der Waals surface area contributed by atoms with Crippen molar-refractivity contribution in [3.63, 3.8) is 0 Å². The Balaban J connectivity index is 2.02. The zero-order valence-electron chi connectivity index (χ0n) is 9.72. The topological polar surface area (TPSA) is 61.0 Å². The summed E-state index contributed by atoms with van der Waals surface area (Å²) in [6, 6.07) is 2.00. The summed E-state index contributed by atoms with van der Waals surface area (Å²) in [5.41, 5.74) is 7.02. The van der Waals surface area contributed by atoms with Crippen LogP contribution in [0.25, 0.3) is 0 Å². The van der Waals surface area contributed by atoms with Crippen LogP contribution in [0.3, 0.4) is 0 Å². The van der Waals surface area contributed by atoms with Gasteiger partial charge in [-0.15, -0.1) is 0 Å². The minimum atomic E-state index is 0.108. The molecule has 1 heterocycles. The van der Waals surface area contributed by atoms with Crippen LogP contribution in [0, 0.1) is 6.92 Å². The second kappa shape index (κ2) is 5.25. The molecular weight excluding hydrogens is 202 g/mol. The molecule has 1 saturated carbocycles. The van der Waals surface area contributed by atoms with Crippen LogP contribution in [-0.4, -0.2) is 22.1 Å². The highest BCUT2D eigenvalue weighted by atomic mass is 16.5. The molecular formula is C12H19N3O. The largest absolute Gasteiger partial charge is 0.473 e. The van der Waals surface area contributed by atoms with Gasteiger partial charge < -0.3 is 10.5 Å². The number of hydrogen-bond donors (Lipinski definition) is 1. The van der Waals surface area contributed by atoms with E-state index in [2.05, 4.69) is 9.97 Å². The van der Waals surface area contributed by atoms with Gasteiger partial charge in [0.05, 0.1) is 0 Å². The molecule has 88 valence electrons. The van der Waals surface area contributed by atoms with Crippen molar-refractivity contribution in [2.75, 3.05) is 0 Å². The minimum absolute atomic E-state index is 0.108. The third-order valence-electron chi connectivity index (χ3n) is 3.05. The van der Waals surface area contributed by atoms with Gasteiger partial charge in [0, 0.05) is 17.8 Å². The van der Waals surface area contributed by atoms with Gasteiger partial charge in [-0.05, 0) is 26.2 Å². The summed E-state index contributed by atoms with van der Waals surface area (Å²) in [5.74, 6) is 0.648. The molecule has 2 N–H and O–H groups in total. The normalized spacial score (nSPS) is 26.1. The van der Waals surface area contributed by atoms with E-state index in [1.165, 1.54) is 25.6 Å². The molecule has 0 saturated heterocycles. The van der Waals surface area contributed by atoms with Gasteiger partial charge in [0.2, 0.25) is 5.88 Å². The van der Waals surface area contributed by atoms with Gasteiger partial charge in [-0.2, -0.15) is 0 Å². The standard InChI is InChI=1S/C12H19N3O/c1-9-7-12(15-8-14-9)16-11-6-4-2-3-5-10(11)13/h7-8,10-11H,2-6,13H2,1H3. The van der Waals surface area contributed by atoms with Crippen LogP contribution in [0.15, 0.2) is 12.4 Å². The van der Waals surface area contributed by atoms with E-state index in [0.717, 1.165) is 18.5 Å². The van der Waals surface area contributed by atoms with Crippen molar-refractivity contribution < 1.29 is 4.74 Å². The molecule has 2 unspecified atom stereocenters. The molecule has 2 atom stereocenters. The first-order chi connectivity index (χ1) is 7.75. The quantitative estimate of drug-likeness (QED) is 0.774. The highest BCUT2D eigenvalue weighted by molar-refractivity contribution is 5.12. The van der Waals surface area contributed by atoms with Gasteiger partial charge in [0.15, 0.2) is 0 Å². The number of ether oxygens (including phenoxy) is 1. The summed E-state index contributed by atoms with van der Waals surface area (Å²) >= 11 is 0. The Hall–Kier alpha value is -1.16. The van der Waals surface area contributed by atoms with Crippen molar-refractivity contribution >= 4 is 0 Å². The second-order valence-corrected chi connectivity index (χ2v) is 4.46. The molecule has 2 rings (SSSR count). The molecule has 1 aromatic rings. The van der Waals surface area contributed by atoms with E-state index in [-0.39, 0.29) is 12.1 Å². The van der Waals surface area contributed by atoms with Crippen LogP contribution in [0.2, 0.25) is 0 Å². The summed E-state index contributed by atoms with van der Waals surface area (Å²) < 4.78 is 5.85. The number of hydrogen-bond acceptors (Lipinski definition) is 4. The third-order valence-corrected chi connectivity index (χ3v) is 3.05. The van der Waals surface area contributed by atoms with Crippen LogP contribution in [0.4, 0.5) is 0 Å². The van der Waals surface area contributed by atoms with Crippen LogP contribution in [-0.2, 0) is 0 Å². The lowest BCUT2D eigenvalue weighted by molar-refractivity contribution is 0.155. The summed E-state index contributed by atoms with van der Waals surface area (Å²) in [4.78, 5) is 8.16. The van der Waals surface area contributed by atoms with Crippen molar-refractivity contribution in [2.45, 2.75) is 51.2 Å². The maximum atomic E-state index is 6.10. The molecule has 1 fully saturated rings. The van der Waals surface area contributed by atoms with E-state index in [9.17, 15) is 0 Å². The molecule has 16 heavy (non-hydrogen) atoms. The first-order valence-electron chi connectivity index (χ1n) is 5.96. The van der Waals surface area contributed by atoms with Gasteiger partial charge in [-0.1, -0.05) is 12.8 Å². The van der Waals surface area contributed by atoms with Crippen LogP contribution >= 0.6 is 0 Å². The van der Waals surface area contributed by atoms with Crippen molar-refractivity contribution in [2.24, 2.45) is 5.73 Å². The van der Waals surface area contributed by atoms with E-state index in [1.807, 2.05) is 13.0 Å². The summed E-state index contributed by atoms with van der Waals surface area (Å²) in [5, 5.41) is 0. The van der Waals surface area contributed by atoms with Gasteiger partial charge in [0.25, 0.3) is 0 Å². The average molecular weight is 221 g/mol. The maximum absolute atomic E-state index is 6.10. The van der Waals surface area contributed by atoms with Gasteiger partial charge >= 0.3 is 0 Å². The van der Waals surface area contributed by atoms with Gasteiger partial charge in [0.1, 0.15) is 12.4 Å². The summed E-state index contributed by atoms with van der Waals surface area (Å²) in [6.07, 6.45) is 7.39. The van der Waals surface area contributed by atoms with E-state index in [4.69, 9.17) is 10.5 Å². The molecule has 0 aromatic carbocycles. The number of aryl methyl sites for hydroxylation is 1. The molecule has 1 aromatic heterocycles. The highest BCUT2D eigenvalue weighted by Gasteiger charge is 2.22. The van der Waals surface area contributed by atoms with Crippen molar-refractivity contribution in [3.8, 4) is 5.88 Å². The van der Waals surface area contributed by atoms with Crippen LogP contribution in [0.1, 0.15) is 37.8 Å². The zero-order chi connectivity index (χ0) is 11.4. The fourth-order valence-corrected chi connectivity index (χ4v) is 2.10. The molecule has 1 aliphatic carbocycles. The Morgan fingerprint density at radius 1 is 1.25 bits per heavy atom. The Morgan fingerprint density at radius 3 is 2.88 bits per heavy atom. The molecule has 0 radical (unpaired) electrons. The molecule has 0 bridgehead atoms. The van der Waals surface area contributed by atoms with Crippen LogP contribution in [0.5, 0.6) is 5.88 Å². The number of nitrogens with zero attached hydrogens (tertiary/aromatic N) is 2. The Bertz CT molecular complexity index is 343. The maximum Gasteiger partial charge on any atom is 0.216 e. The van der Waals surface area contributed by atoms with E-state index < -0.39 is 0 Å². The molecule has 0 spiro atoms. The zero-order valence-corrected chi connectivity index (χ0v) is 9.72. The molecule has 0 aliphatic heterocycles. The Kier molecular flexibility index (Phi) is 3.72. The van der Waals surface area contributed by atoms with E-state index in [1.54, 1.807) is 0 Å². The Labute approximate surface area is 96.2 Å². The lowest BCUT2D eigenvalue weighted by Gasteiger charge is -2.22. The van der Waals surface area contributed by atoms with Crippen molar-refractivity contribution in [1.82, 2.24) is 9.97 Å². The second-order valence-electron chi connectivity index (χ2n) is 4.46. The van der Waals surface area contributed by atoms with Crippen LogP contribution < -0.4 is 10.5 Å². The fraction of sp³-hybridized carbons (Fsp3) is 0.667. The minimum Gasteiger partial charge on any atom is -0.473 e. The van der Waals surface area contributed by atoms with Crippen molar-refractivity contribution in [3.05, 3.63) is 18.1 Å². The number of rotatable bonds is 2. The number of nitrogens with two attached hydrogens (primary N) is 1. The molecule has 1 aliphatic rings. The predicted octanol–water partition coefficient (Wildman–Crippen LogP) is 1.82. The fourth-order valence-electron chi connectivity index (χ4n) is 2.10. The van der Waals surface area contributed by atoms with Crippen molar-refractivity contribution in [1.29, 1.82) is 0 Å². The average Bonchev–Trinajstić information content (AvgIpc) is 2.45. The van der Waals surface area contributed by atoms with Gasteiger partial charge in [-0.3, -0.25) is 0 Å².